The molecule has 2 aliphatic rings. The zero-order valence-electron chi connectivity index (χ0n) is 15.8. The van der Waals surface area contributed by atoms with Crippen molar-refractivity contribution in [1.29, 1.82) is 0 Å². The summed E-state index contributed by atoms with van der Waals surface area (Å²) in [7, 11) is 0. The number of anilines is 1. The van der Waals surface area contributed by atoms with E-state index in [4.69, 9.17) is 0 Å². The Morgan fingerprint density at radius 2 is 2.11 bits per heavy atom. The van der Waals surface area contributed by atoms with Crippen LogP contribution in [0.25, 0.3) is 11.0 Å². The molecule has 28 heavy (non-hydrogen) atoms. The van der Waals surface area contributed by atoms with Gasteiger partial charge >= 0.3 is 0 Å². The molecule has 0 radical (unpaired) electrons. The van der Waals surface area contributed by atoms with E-state index < -0.39 is 29.2 Å². The first-order chi connectivity index (χ1) is 13.4. The molecule has 0 spiro atoms. The number of nitrogens with zero attached hydrogens (tertiary/aromatic N) is 3. The smallest absolute Gasteiger partial charge is 0.269 e. The molecule has 9 heteroatoms. The van der Waals surface area contributed by atoms with Crippen LogP contribution in [0.5, 0.6) is 0 Å². The third-order valence-electron chi connectivity index (χ3n) is 5.90. The number of halogens is 2. The second-order valence-electron chi connectivity index (χ2n) is 7.98. The monoisotopic (exact) mass is 393 g/mol. The molecular weight excluding hydrogens is 368 g/mol. The quantitative estimate of drug-likeness (QED) is 0.739. The second kappa shape index (κ2) is 7.36. The zero-order valence-corrected chi connectivity index (χ0v) is 15.8. The van der Waals surface area contributed by atoms with Crippen LogP contribution in [0, 0.1) is 0 Å². The van der Waals surface area contributed by atoms with Crippen LogP contribution in [-0.2, 0) is 0 Å². The van der Waals surface area contributed by atoms with E-state index in [1.54, 1.807) is 6.92 Å². The van der Waals surface area contributed by atoms with E-state index in [2.05, 4.69) is 20.6 Å². The fourth-order valence-electron chi connectivity index (χ4n) is 4.34. The number of fused-ring (bicyclic) bond motifs is 1. The lowest BCUT2D eigenvalue weighted by Crippen LogP contribution is -2.39. The topological polar surface area (TPSA) is 92.1 Å². The molecule has 1 saturated carbocycles. The van der Waals surface area contributed by atoms with Gasteiger partial charge in [-0.15, -0.1) is 0 Å². The lowest BCUT2D eigenvalue weighted by atomic mass is 9.99. The summed E-state index contributed by atoms with van der Waals surface area (Å²) in [5.74, 6) is 0.370. The Hall–Kier alpha value is -2.13. The second-order valence-corrected chi connectivity index (χ2v) is 7.98. The maximum Gasteiger partial charge on any atom is 0.269 e. The summed E-state index contributed by atoms with van der Waals surface area (Å²) in [5, 5.41) is 17.7. The SMILES string of the molecule is C[C@@]1(O)CCCC1n1c(=O)c(C(F)F)cc2cnc(NC3CCNCC3)nc21. The molecule has 2 fully saturated rings. The predicted molar refractivity (Wildman–Crippen MR) is 102 cm³/mol. The first kappa shape index (κ1) is 19.2. The summed E-state index contributed by atoms with van der Waals surface area (Å²) in [6, 6.07) is 0.785. The minimum Gasteiger partial charge on any atom is -0.388 e. The van der Waals surface area contributed by atoms with Crippen molar-refractivity contribution >= 4 is 17.0 Å². The number of alkyl halides is 2. The summed E-state index contributed by atoms with van der Waals surface area (Å²) >= 11 is 0. The van der Waals surface area contributed by atoms with Crippen LogP contribution in [0.3, 0.4) is 0 Å². The first-order valence-electron chi connectivity index (χ1n) is 9.77. The van der Waals surface area contributed by atoms with Gasteiger partial charge in [-0.1, -0.05) is 0 Å². The molecule has 1 unspecified atom stereocenters. The van der Waals surface area contributed by atoms with Gasteiger partial charge in [-0.25, -0.2) is 13.8 Å². The Kier molecular flexibility index (Phi) is 5.05. The van der Waals surface area contributed by atoms with E-state index >= 15 is 0 Å². The minimum atomic E-state index is -2.90. The average Bonchev–Trinajstić information content (AvgIpc) is 3.00. The molecule has 0 amide bonds. The third-order valence-corrected chi connectivity index (χ3v) is 5.90. The Bertz CT molecular complexity index is 924. The van der Waals surface area contributed by atoms with E-state index in [0.29, 0.717) is 24.2 Å². The van der Waals surface area contributed by atoms with Crippen molar-refractivity contribution in [2.24, 2.45) is 0 Å². The van der Waals surface area contributed by atoms with Gasteiger partial charge in [0.15, 0.2) is 0 Å². The van der Waals surface area contributed by atoms with Crippen molar-refractivity contribution in [1.82, 2.24) is 19.9 Å². The van der Waals surface area contributed by atoms with E-state index in [9.17, 15) is 18.7 Å². The minimum absolute atomic E-state index is 0.216. The lowest BCUT2D eigenvalue weighted by Gasteiger charge is -2.29. The van der Waals surface area contributed by atoms with Gasteiger partial charge in [-0.05, 0) is 58.2 Å². The van der Waals surface area contributed by atoms with Crippen molar-refractivity contribution in [3.63, 3.8) is 0 Å². The highest BCUT2D eigenvalue weighted by molar-refractivity contribution is 5.76. The maximum absolute atomic E-state index is 13.5. The van der Waals surface area contributed by atoms with Gasteiger partial charge in [0.05, 0.1) is 17.2 Å². The third kappa shape index (κ3) is 3.48. The first-order valence-corrected chi connectivity index (χ1v) is 9.77. The van der Waals surface area contributed by atoms with Crippen LogP contribution in [0.1, 0.15) is 57.1 Å². The van der Waals surface area contributed by atoms with E-state index in [1.807, 2.05) is 0 Å². The van der Waals surface area contributed by atoms with Crippen molar-refractivity contribution in [3.05, 3.63) is 28.2 Å². The van der Waals surface area contributed by atoms with Crippen molar-refractivity contribution in [2.45, 2.75) is 63.1 Å². The summed E-state index contributed by atoms with van der Waals surface area (Å²) in [6.07, 6.45) is 2.19. The Labute approximate surface area is 161 Å². The standard InChI is InChI=1S/C19H25F2N5O2/c1-19(28)6-2-3-14(19)26-16-11(9-13(15(20)21)17(26)27)10-23-18(25-16)24-12-4-7-22-8-5-12/h9-10,12,14-15,22,28H,2-8H2,1H3,(H,23,24,25)/t14?,19-/m1/s1. The van der Waals surface area contributed by atoms with Crippen molar-refractivity contribution in [3.8, 4) is 0 Å². The highest BCUT2D eigenvalue weighted by Crippen LogP contribution is 2.39. The Morgan fingerprint density at radius 3 is 2.75 bits per heavy atom. The fourth-order valence-corrected chi connectivity index (χ4v) is 4.34. The average molecular weight is 393 g/mol. The number of rotatable bonds is 4. The molecule has 1 saturated heterocycles. The van der Waals surface area contributed by atoms with Gasteiger partial charge in [-0.2, -0.15) is 4.98 Å². The molecule has 0 aromatic carbocycles. The van der Waals surface area contributed by atoms with Crippen molar-refractivity contribution < 1.29 is 13.9 Å². The molecule has 0 bridgehead atoms. The van der Waals surface area contributed by atoms with Crippen LogP contribution < -0.4 is 16.2 Å². The van der Waals surface area contributed by atoms with Gasteiger partial charge in [-0.3, -0.25) is 9.36 Å². The Balaban J connectivity index is 1.83. The summed E-state index contributed by atoms with van der Waals surface area (Å²) in [5.41, 5.74) is -2.24. The van der Waals surface area contributed by atoms with Gasteiger partial charge in [0.1, 0.15) is 5.65 Å². The Morgan fingerprint density at radius 1 is 1.36 bits per heavy atom. The van der Waals surface area contributed by atoms with Gasteiger partial charge in [0.25, 0.3) is 12.0 Å². The number of aliphatic hydroxyl groups is 1. The molecule has 2 aromatic rings. The van der Waals surface area contributed by atoms with E-state index in [0.717, 1.165) is 38.4 Å². The summed E-state index contributed by atoms with van der Waals surface area (Å²) in [4.78, 5) is 21.7. The molecule has 3 N–H and O–H groups in total. The van der Waals surface area contributed by atoms with Crippen LogP contribution >= 0.6 is 0 Å². The zero-order chi connectivity index (χ0) is 19.9. The normalized spacial score (nSPS) is 26.2. The molecule has 1 aliphatic carbocycles. The molecule has 3 heterocycles. The summed E-state index contributed by atoms with van der Waals surface area (Å²) < 4.78 is 28.2. The van der Waals surface area contributed by atoms with E-state index in [-0.39, 0.29) is 11.7 Å². The van der Waals surface area contributed by atoms with Crippen LogP contribution in [-0.4, -0.2) is 44.4 Å². The largest absolute Gasteiger partial charge is 0.388 e. The predicted octanol–water partition coefficient (Wildman–Crippen LogP) is 2.37. The maximum atomic E-state index is 13.5. The summed E-state index contributed by atoms with van der Waals surface area (Å²) in [6.45, 7) is 3.45. The molecule has 152 valence electrons. The number of hydrogen-bond acceptors (Lipinski definition) is 6. The molecule has 7 nitrogen and oxygen atoms in total. The number of aromatic nitrogens is 3. The molecular formula is C19H25F2N5O2. The number of pyridine rings is 1. The van der Waals surface area contributed by atoms with E-state index in [1.165, 1.54) is 10.8 Å². The molecule has 1 aliphatic heterocycles. The lowest BCUT2D eigenvalue weighted by molar-refractivity contribution is 0.0261. The number of hydrogen-bond donors (Lipinski definition) is 3. The van der Waals surface area contributed by atoms with Gasteiger partial charge < -0.3 is 15.7 Å². The number of piperidine rings is 1. The molecule has 4 rings (SSSR count). The highest BCUT2D eigenvalue weighted by atomic mass is 19.3. The van der Waals surface area contributed by atoms with Gasteiger partial charge in [0.2, 0.25) is 5.95 Å². The van der Waals surface area contributed by atoms with Gasteiger partial charge in [0, 0.05) is 17.6 Å². The fraction of sp³-hybridized carbons (Fsp3) is 0.632. The molecule has 2 atom stereocenters. The molecule has 2 aromatic heterocycles. The van der Waals surface area contributed by atoms with Crippen LogP contribution in [0.2, 0.25) is 0 Å². The number of nitrogens with one attached hydrogen (secondary N) is 2. The van der Waals surface area contributed by atoms with Crippen molar-refractivity contribution in [2.75, 3.05) is 18.4 Å². The highest BCUT2D eigenvalue weighted by Gasteiger charge is 2.40. The van der Waals surface area contributed by atoms with Crippen LogP contribution in [0.4, 0.5) is 14.7 Å². The van der Waals surface area contributed by atoms with Crippen LogP contribution in [0.15, 0.2) is 17.1 Å².